The first kappa shape index (κ1) is 34.3. The van der Waals surface area contributed by atoms with Crippen LogP contribution < -0.4 is 44.2 Å². The molecule has 0 aliphatic carbocycles. The van der Waals surface area contributed by atoms with Gasteiger partial charge in [-0.1, -0.05) is 12.1 Å². The fourth-order valence-corrected chi connectivity index (χ4v) is 4.99. The molecule has 0 radical (unpaired) electrons. The molecule has 3 rings (SSSR count). The van der Waals surface area contributed by atoms with Crippen molar-refractivity contribution < 1.29 is 29.4 Å². The third-order valence-corrected chi connectivity index (χ3v) is 7.42. The van der Waals surface area contributed by atoms with E-state index in [1.807, 2.05) is 0 Å². The van der Waals surface area contributed by atoms with Crippen molar-refractivity contribution in [1.29, 1.82) is 0 Å². The van der Waals surface area contributed by atoms with Crippen molar-refractivity contribution in [1.82, 2.24) is 21.3 Å². The third-order valence-electron chi connectivity index (χ3n) is 7.42. The molecule has 4 bridgehead atoms. The molecular weight excluding hydrogens is 568 g/mol. The fraction of sp³-hybridized carbons (Fsp3) is 0.467. The summed E-state index contributed by atoms with van der Waals surface area (Å²) in [6, 6.07) is 5.70. The van der Waals surface area contributed by atoms with Crippen LogP contribution in [0.5, 0.6) is 11.5 Å². The second kappa shape index (κ2) is 16.6. The molecule has 2 aromatic carbocycles. The average Bonchev–Trinajstić information content (AvgIpc) is 2.99. The van der Waals surface area contributed by atoms with Crippen LogP contribution in [0.3, 0.4) is 0 Å². The molecule has 240 valence electrons. The van der Waals surface area contributed by atoms with Gasteiger partial charge in [0.2, 0.25) is 23.6 Å². The highest BCUT2D eigenvalue weighted by atomic mass is 16.3. The van der Waals surface area contributed by atoms with Gasteiger partial charge >= 0.3 is 0 Å². The largest absolute Gasteiger partial charge is 0.508 e. The molecular formula is C30H44N8O6. The van der Waals surface area contributed by atoms with Gasteiger partial charge in [-0.2, -0.15) is 0 Å². The summed E-state index contributed by atoms with van der Waals surface area (Å²) in [7, 11) is 0. The van der Waals surface area contributed by atoms with Crippen LogP contribution in [-0.4, -0.2) is 84.2 Å². The lowest BCUT2D eigenvalue weighted by atomic mass is 9.95. The molecule has 14 heteroatoms. The van der Waals surface area contributed by atoms with Crippen LogP contribution in [0, 0.1) is 0 Å². The van der Waals surface area contributed by atoms with Crippen LogP contribution in [-0.2, 0) is 32.0 Å². The second-order valence-electron chi connectivity index (χ2n) is 10.9. The molecule has 4 atom stereocenters. The molecule has 44 heavy (non-hydrogen) atoms. The summed E-state index contributed by atoms with van der Waals surface area (Å²) in [5.74, 6) is -2.33. The fourth-order valence-electron chi connectivity index (χ4n) is 4.99. The SMILES string of the molecule is NCCC[C@@H]1NC(=O)[C@@H](N)Cc2cc(ccc2O)-c2ccc(O)c(c2)C[C@@H](C(=O)NC(CCN)CC(=O)NCCN)NC1=O. The van der Waals surface area contributed by atoms with Crippen molar-refractivity contribution in [3.8, 4) is 22.6 Å². The molecule has 0 spiro atoms. The van der Waals surface area contributed by atoms with E-state index in [4.69, 9.17) is 22.9 Å². The first-order valence-electron chi connectivity index (χ1n) is 14.7. The monoisotopic (exact) mass is 612 g/mol. The molecule has 4 amide bonds. The van der Waals surface area contributed by atoms with Gasteiger partial charge in [0.25, 0.3) is 0 Å². The molecule has 0 fully saturated rings. The van der Waals surface area contributed by atoms with Crippen LogP contribution in [0.1, 0.15) is 36.8 Å². The number of phenols is 2. The van der Waals surface area contributed by atoms with E-state index in [1.165, 1.54) is 12.1 Å². The summed E-state index contributed by atoms with van der Waals surface area (Å²) in [6.07, 6.45) is 0.683. The lowest BCUT2D eigenvalue weighted by Gasteiger charge is -2.26. The average molecular weight is 613 g/mol. The van der Waals surface area contributed by atoms with Crippen molar-refractivity contribution in [3.05, 3.63) is 47.5 Å². The van der Waals surface area contributed by atoms with E-state index in [9.17, 15) is 29.4 Å². The highest BCUT2D eigenvalue weighted by Gasteiger charge is 2.30. The summed E-state index contributed by atoms with van der Waals surface area (Å²) in [6.45, 7) is 0.980. The van der Waals surface area contributed by atoms with Gasteiger partial charge in [-0.3, -0.25) is 19.2 Å². The van der Waals surface area contributed by atoms with Crippen LogP contribution in [0.15, 0.2) is 36.4 Å². The van der Waals surface area contributed by atoms with E-state index in [0.29, 0.717) is 35.1 Å². The van der Waals surface area contributed by atoms with Crippen LogP contribution in [0.2, 0.25) is 0 Å². The highest BCUT2D eigenvalue weighted by Crippen LogP contribution is 2.31. The Bertz CT molecular complexity index is 1320. The maximum atomic E-state index is 13.7. The van der Waals surface area contributed by atoms with Crippen molar-refractivity contribution in [2.45, 2.75) is 62.7 Å². The van der Waals surface area contributed by atoms with Gasteiger partial charge in [-0.25, -0.2) is 0 Å². The lowest BCUT2D eigenvalue weighted by Crippen LogP contribution is -2.57. The molecule has 1 heterocycles. The Kier molecular flexibility index (Phi) is 12.9. The number of carbonyl (C=O) groups is 4. The number of nitrogens with two attached hydrogens (primary N) is 4. The Labute approximate surface area is 256 Å². The first-order valence-corrected chi connectivity index (χ1v) is 14.7. The number of rotatable bonds is 11. The minimum Gasteiger partial charge on any atom is -0.508 e. The van der Waals surface area contributed by atoms with Crippen molar-refractivity contribution >= 4 is 23.6 Å². The van der Waals surface area contributed by atoms with Crippen molar-refractivity contribution in [2.24, 2.45) is 22.9 Å². The minimum absolute atomic E-state index is 0.00586. The molecule has 0 saturated heterocycles. The standard InChI is InChI=1S/C30H44N8O6/c31-8-1-2-23-29(43)38-24(30(44)36-21(7-9-32)16-27(41)35-11-10-33)15-20-13-18(4-6-26(20)40)17-3-5-25(39)19(12-17)14-22(34)28(42)37-23/h3-6,12-13,21-24,39-40H,1-2,7-11,14-16,31-34H2,(H,35,41)(H,36,44)(H,37,42)(H,38,43)/t21?,22-,23-,24-/m0/s1. The smallest absolute Gasteiger partial charge is 0.243 e. The van der Waals surface area contributed by atoms with Gasteiger partial charge in [0.1, 0.15) is 23.6 Å². The van der Waals surface area contributed by atoms with E-state index < -0.39 is 41.9 Å². The van der Waals surface area contributed by atoms with E-state index >= 15 is 0 Å². The predicted molar refractivity (Wildman–Crippen MR) is 165 cm³/mol. The van der Waals surface area contributed by atoms with E-state index in [0.717, 1.165) is 0 Å². The highest BCUT2D eigenvalue weighted by molar-refractivity contribution is 5.93. The number of hydrogen-bond acceptors (Lipinski definition) is 10. The topological polar surface area (TPSA) is 261 Å². The zero-order valence-corrected chi connectivity index (χ0v) is 24.7. The summed E-state index contributed by atoms with van der Waals surface area (Å²) in [5.41, 5.74) is 25.2. The second-order valence-corrected chi connectivity index (χ2v) is 10.9. The Morgan fingerprint density at radius 1 is 0.886 bits per heavy atom. The van der Waals surface area contributed by atoms with E-state index in [1.54, 1.807) is 24.3 Å². The molecule has 14 nitrogen and oxygen atoms in total. The summed E-state index contributed by atoms with van der Waals surface area (Å²) < 4.78 is 0. The Hall–Kier alpha value is -4.24. The van der Waals surface area contributed by atoms with Gasteiger partial charge in [-0.05, 0) is 78.9 Å². The van der Waals surface area contributed by atoms with E-state index in [2.05, 4.69) is 21.3 Å². The molecule has 1 aliphatic heterocycles. The van der Waals surface area contributed by atoms with Gasteiger partial charge in [0.15, 0.2) is 0 Å². The molecule has 14 N–H and O–H groups in total. The number of phenolic OH excluding ortho intramolecular Hbond substituents is 2. The Morgan fingerprint density at radius 2 is 1.52 bits per heavy atom. The van der Waals surface area contributed by atoms with Crippen molar-refractivity contribution in [3.63, 3.8) is 0 Å². The number of hydrogen-bond donors (Lipinski definition) is 10. The summed E-state index contributed by atoms with van der Waals surface area (Å²) in [5, 5.41) is 32.1. The van der Waals surface area contributed by atoms with Crippen LogP contribution in [0.4, 0.5) is 0 Å². The maximum absolute atomic E-state index is 13.7. The summed E-state index contributed by atoms with van der Waals surface area (Å²) >= 11 is 0. The van der Waals surface area contributed by atoms with Crippen LogP contribution >= 0.6 is 0 Å². The number of fused-ring (bicyclic) bond motifs is 5. The molecule has 1 unspecified atom stereocenters. The van der Waals surface area contributed by atoms with Gasteiger partial charge in [-0.15, -0.1) is 0 Å². The number of nitrogens with one attached hydrogen (secondary N) is 4. The van der Waals surface area contributed by atoms with E-state index in [-0.39, 0.29) is 69.3 Å². The summed E-state index contributed by atoms with van der Waals surface area (Å²) in [4.78, 5) is 52.7. The normalized spacial score (nSPS) is 19.5. The van der Waals surface area contributed by atoms with Crippen molar-refractivity contribution in [2.75, 3.05) is 26.2 Å². The first-order chi connectivity index (χ1) is 21.1. The number of amides is 4. The Balaban J connectivity index is 2.02. The molecule has 2 aromatic rings. The quantitative estimate of drug-likeness (QED) is 0.136. The number of aromatic hydroxyl groups is 2. The number of benzene rings is 2. The zero-order valence-electron chi connectivity index (χ0n) is 24.7. The van der Waals surface area contributed by atoms with Gasteiger partial charge in [0.05, 0.1) is 6.04 Å². The molecule has 0 aromatic heterocycles. The zero-order chi connectivity index (χ0) is 32.2. The lowest BCUT2D eigenvalue weighted by molar-refractivity contribution is -0.133. The van der Waals surface area contributed by atoms with Gasteiger partial charge < -0.3 is 54.4 Å². The predicted octanol–water partition coefficient (Wildman–Crippen LogP) is -1.80. The Morgan fingerprint density at radius 3 is 2.11 bits per heavy atom. The number of carbonyl (C=O) groups excluding carboxylic acids is 4. The minimum atomic E-state index is -1.21. The molecule has 0 saturated carbocycles. The molecule has 1 aliphatic rings. The van der Waals surface area contributed by atoms with Gasteiger partial charge in [0, 0.05) is 38.4 Å². The third kappa shape index (κ3) is 9.64. The maximum Gasteiger partial charge on any atom is 0.243 e. The van der Waals surface area contributed by atoms with Crippen LogP contribution in [0.25, 0.3) is 11.1 Å².